The van der Waals surface area contributed by atoms with Gasteiger partial charge in [0.15, 0.2) is 0 Å². The highest BCUT2D eigenvalue weighted by atomic mass is 16.5. The van der Waals surface area contributed by atoms with E-state index in [1.807, 2.05) is 12.1 Å². The lowest BCUT2D eigenvalue weighted by Crippen LogP contribution is -2.29. The van der Waals surface area contributed by atoms with Crippen LogP contribution >= 0.6 is 0 Å². The summed E-state index contributed by atoms with van der Waals surface area (Å²) in [5, 5.41) is 0. The summed E-state index contributed by atoms with van der Waals surface area (Å²) >= 11 is 0. The average molecular weight is 300 g/mol. The van der Waals surface area contributed by atoms with E-state index in [1.54, 1.807) is 56.8 Å². The Morgan fingerprint density at radius 3 is 2.50 bits per heavy atom. The van der Waals surface area contributed by atoms with Crippen molar-refractivity contribution in [3.8, 4) is 11.5 Å². The second kappa shape index (κ2) is 7.45. The van der Waals surface area contributed by atoms with Crippen LogP contribution in [0.2, 0.25) is 0 Å². The summed E-state index contributed by atoms with van der Waals surface area (Å²) in [4.78, 5) is 18.2. The summed E-state index contributed by atoms with van der Waals surface area (Å²) in [6.07, 6.45) is 4.29. The highest BCUT2D eigenvalue weighted by molar-refractivity contribution is 5.97. The molecule has 1 heterocycles. The number of amides is 1. The minimum absolute atomic E-state index is 0.0754. The molecule has 116 valence electrons. The summed E-state index contributed by atoms with van der Waals surface area (Å²) in [5.41, 5.74) is 1.68. The molecule has 0 fully saturated rings. The van der Waals surface area contributed by atoms with Crippen LogP contribution in [0.1, 0.15) is 15.9 Å². The summed E-state index contributed by atoms with van der Waals surface area (Å²) < 4.78 is 10.4. The van der Waals surface area contributed by atoms with Crippen molar-refractivity contribution >= 4 is 5.91 Å². The molecule has 0 spiro atoms. The molecule has 2 aromatic rings. The predicted octanol–water partition coefficient (Wildman–Crippen LogP) is 2.41. The lowest BCUT2D eigenvalue weighted by molar-refractivity contribution is 0.0793. The van der Waals surface area contributed by atoms with Crippen molar-refractivity contribution in [2.24, 2.45) is 0 Å². The molecule has 1 amide bonds. The Balaban J connectivity index is 2.07. The van der Waals surface area contributed by atoms with Gasteiger partial charge in [-0.05, 0) is 36.2 Å². The standard InChI is InChI=1S/C17H20N2O3/c1-19(11-8-13-6-9-18-10-7-13)17(20)15-5-4-14(21-2)12-16(15)22-3/h4-7,9-10,12H,8,11H2,1-3H3. The number of hydrogen-bond acceptors (Lipinski definition) is 4. The first-order valence-corrected chi connectivity index (χ1v) is 7.02. The summed E-state index contributed by atoms with van der Waals surface area (Å²) in [6.45, 7) is 0.623. The van der Waals surface area contributed by atoms with Gasteiger partial charge in [-0.2, -0.15) is 0 Å². The summed E-state index contributed by atoms with van der Waals surface area (Å²) in [5.74, 6) is 1.10. The molecule has 0 saturated carbocycles. The molecule has 0 atom stereocenters. The van der Waals surface area contributed by atoms with Crippen LogP contribution in [-0.2, 0) is 6.42 Å². The molecule has 2 rings (SSSR count). The number of nitrogens with zero attached hydrogens (tertiary/aromatic N) is 2. The van der Waals surface area contributed by atoms with Crippen molar-refractivity contribution in [2.75, 3.05) is 27.8 Å². The van der Waals surface area contributed by atoms with Crippen LogP contribution in [0, 0.1) is 0 Å². The highest BCUT2D eigenvalue weighted by Crippen LogP contribution is 2.25. The monoisotopic (exact) mass is 300 g/mol. The maximum atomic E-state index is 12.5. The van der Waals surface area contributed by atoms with E-state index in [1.165, 1.54) is 0 Å². The van der Waals surface area contributed by atoms with E-state index in [0.29, 0.717) is 23.6 Å². The topological polar surface area (TPSA) is 51.7 Å². The average Bonchev–Trinajstić information content (AvgIpc) is 2.59. The maximum absolute atomic E-state index is 12.5. The van der Waals surface area contributed by atoms with E-state index in [2.05, 4.69) is 4.98 Å². The number of aromatic nitrogens is 1. The number of pyridine rings is 1. The van der Waals surface area contributed by atoms with Crippen LogP contribution in [0.3, 0.4) is 0 Å². The smallest absolute Gasteiger partial charge is 0.257 e. The first-order valence-electron chi connectivity index (χ1n) is 7.02. The zero-order chi connectivity index (χ0) is 15.9. The van der Waals surface area contributed by atoms with Gasteiger partial charge in [0.1, 0.15) is 11.5 Å². The van der Waals surface area contributed by atoms with E-state index >= 15 is 0 Å². The lowest BCUT2D eigenvalue weighted by Gasteiger charge is -2.19. The van der Waals surface area contributed by atoms with Gasteiger partial charge in [0.05, 0.1) is 19.8 Å². The molecule has 1 aromatic heterocycles. The number of benzene rings is 1. The van der Waals surface area contributed by atoms with Gasteiger partial charge in [0.25, 0.3) is 5.91 Å². The molecule has 5 heteroatoms. The first-order chi connectivity index (χ1) is 10.7. The maximum Gasteiger partial charge on any atom is 0.257 e. The van der Waals surface area contributed by atoms with Gasteiger partial charge in [-0.15, -0.1) is 0 Å². The Morgan fingerprint density at radius 1 is 1.14 bits per heavy atom. The van der Waals surface area contributed by atoms with Crippen molar-refractivity contribution in [3.05, 3.63) is 53.9 Å². The highest BCUT2D eigenvalue weighted by Gasteiger charge is 2.17. The van der Waals surface area contributed by atoms with Gasteiger partial charge in [-0.25, -0.2) is 0 Å². The van der Waals surface area contributed by atoms with Crippen LogP contribution in [0.5, 0.6) is 11.5 Å². The van der Waals surface area contributed by atoms with Crippen molar-refractivity contribution in [2.45, 2.75) is 6.42 Å². The quantitative estimate of drug-likeness (QED) is 0.822. The van der Waals surface area contributed by atoms with Gasteiger partial charge in [-0.3, -0.25) is 9.78 Å². The normalized spacial score (nSPS) is 10.1. The number of carbonyl (C=O) groups excluding carboxylic acids is 1. The molecule has 5 nitrogen and oxygen atoms in total. The second-order valence-corrected chi connectivity index (χ2v) is 4.90. The number of likely N-dealkylation sites (N-methyl/N-ethyl adjacent to an activating group) is 1. The Bertz CT molecular complexity index is 629. The molecule has 0 radical (unpaired) electrons. The molecular formula is C17H20N2O3. The SMILES string of the molecule is COc1ccc(C(=O)N(C)CCc2ccncc2)c(OC)c1. The van der Waals surface area contributed by atoms with Crippen molar-refractivity contribution < 1.29 is 14.3 Å². The molecule has 0 saturated heterocycles. The van der Waals surface area contributed by atoms with Crippen LogP contribution in [0.15, 0.2) is 42.7 Å². The number of rotatable bonds is 6. The van der Waals surface area contributed by atoms with Gasteiger partial charge < -0.3 is 14.4 Å². The minimum atomic E-state index is -0.0754. The number of hydrogen-bond donors (Lipinski definition) is 0. The fraction of sp³-hybridized carbons (Fsp3) is 0.294. The van der Waals surface area contributed by atoms with Gasteiger partial charge in [0.2, 0.25) is 0 Å². The molecule has 0 aliphatic heterocycles. The minimum Gasteiger partial charge on any atom is -0.497 e. The summed E-state index contributed by atoms with van der Waals surface area (Å²) in [6, 6.07) is 9.10. The number of ether oxygens (including phenoxy) is 2. The third kappa shape index (κ3) is 3.75. The Morgan fingerprint density at radius 2 is 1.86 bits per heavy atom. The Kier molecular flexibility index (Phi) is 5.36. The van der Waals surface area contributed by atoms with Crippen molar-refractivity contribution in [1.29, 1.82) is 0 Å². The van der Waals surface area contributed by atoms with Crippen molar-refractivity contribution in [3.63, 3.8) is 0 Å². The van der Waals surface area contributed by atoms with E-state index in [4.69, 9.17) is 9.47 Å². The summed E-state index contributed by atoms with van der Waals surface area (Å²) in [7, 11) is 4.91. The largest absolute Gasteiger partial charge is 0.497 e. The third-order valence-electron chi connectivity index (χ3n) is 3.47. The number of methoxy groups -OCH3 is 2. The van der Waals surface area contributed by atoms with E-state index < -0.39 is 0 Å². The molecule has 0 unspecified atom stereocenters. The van der Waals surface area contributed by atoms with Crippen LogP contribution < -0.4 is 9.47 Å². The van der Waals surface area contributed by atoms with E-state index in [9.17, 15) is 4.79 Å². The van der Waals surface area contributed by atoms with Gasteiger partial charge in [-0.1, -0.05) is 0 Å². The Labute approximate surface area is 130 Å². The molecule has 0 N–H and O–H groups in total. The third-order valence-corrected chi connectivity index (χ3v) is 3.47. The zero-order valence-electron chi connectivity index (χ0n) is 13.1. The van der Waals surface area contributed by atoms with E-state index in [-0.39, 0.29) is 5.91 Å². The first kappa shape index (κ1) is 15.8. The molecule has 0 aliphatic carbocycles. The Hall–Kier alpha value is -2.56. The van der Waals surface area contributed by atoms with Crippen molar-refractivity contribution in [1.82, 2.24) is 9.88 Å². The fourth-order valence-electron chi connectivity index (χ4n) is 2.13. The lowest BCUT2D eigenvalue weighted by atomic mass is 10.1. The van der Waals surface area contributed by atoms with Crippen LogP contribution in [0.25, 0.3) is 0 Å². The number of carbonyl (C=O) groups is 1. The molecule has 22 heavy (non-hydrogen) atoms. The zero-order valence-corrected chi connectivity index (χ0v) is 13.1. The fourth-order valence-corrected chi connectivity index (χ4v) is 2.13. The van der Waals surface area contributed by atoms with Crippen LogP contribution in [0.4, 0.5) is 0 Å². The predicted molar refractivity (Wildman–Crippen MR) is 84.4 cm³/mol. The van der Waals surface area contributed by atoms with Crippen LogP contribution in [-0.4, -0.2) is 43.6 Å². The molecule has 0 bridgehead atoms. The molecule has 1 aromatic carbocycles. The second-order valence-electron chi connectivity index (χ2n) is 4.90. The van der Waals surface area contributed by atoms with Gasteiger partial charge >= 0.3 is 0 Å². The molecule has 0 aliphatic rings. The molecular weight excluding hydrogens is 280 g/mol. The van der Waals surface area contributed by atoms with E-state index in [0.717, 1.165) is 12.0 Å². The van der Waals surface area contributed by atoms with Gasteiger partial charge in [0, 0.05) is 32.1 Å².